The molecule has 3 rings (SSSR count). The molecule has 1 amide bonds. The maximum absolute atomic E-state index is 12.5. The number of hydrogen-bond acceptors (Lipinski definition) is 4. The normalized spacial score (nSPS) is 15.1. The monoisotopic (exact) mass is 416 g/mol. The molecule has 1 saturated carbocycles. The van der Waals surface area contributed by atoms with Crippen LogP contribution >= 0.6 is 0 Å². The number of rotatable bonds is 6. The molecule has 0 unspecified atom stereocenters. The summed E-state index contributed by atoms with van der Waals surface area (Å²) in [6, 6.07) is 13.7. The molecule has 0 atom stereocenters. The lowest BCUT2D eigenvalue weighted by Gasteiger charge is -2.20. The van der Waals surface area contributed by atoms with E-state index >= 15 is 0 Å². The van der Waals surface area contributed by atoms with Crippen LogP contribution in [0, 0.1) is 0 Å². The van der Waals surface area contributed by atoms with Gasteiger partial charge in [-0.3, -0.25) is 9.52 Å². The Labute approximate surface area is 172 Å². The molecule has 2 N–H and O–H groups in total. The first kappa shape index (κ1) is 21.2. The summed E-state index contributed by atoms with van der Waals surface area (Å²) in [7, 11) is -3.51. The molecule has 0 heterocycles. The van der Waals surface area contributed by atoms with Crippen molar-refractivity contribution in [1.82, 2.24) is 0 Å². The van der Waals surface area contributed by atoms with Crippen molar-refractivity contribution in [3.05, 3.63) is 54.1 Å². The zero-order valence-electron chi connectivity index (χ0n) is 17.1. The van der Waals surface area contributed by atoms with Gasteiger partial charge in [-0.1, -0.05) is 0 Å². The van der Waals surface area contributed by atoms with E-state index < -0.39 is 14.8 Å². The highest BCUT2D eigenvalue weighted by atomic mass is 32.2. The van der Waals surface area contributed by atoms with E-state index in [4.69, 9.17) is 4.74 Å². The SMILES string of the molecule is CC(C)(C)S(=O)(=O)Nc1ccc(C(=O)Nc2ccc(OC3CCCC3)cc2)cc1. The van der Waals surface area contributed by atoms with Crippen molar-refractivity contribution in [1.29, 1.82) is 0 Å². The molecule has 1 aliphatic carbocycles. The van der Waals surface area contributed by atoms with Crippen LogP contribution in [0.25, 0.3) is 0 Å². The van der Waals surface area contributed by atoms with Gasteiger partial charge >= 0.3 is 0 Å². The van der Waals surface area contributed by atoms with Crippen LogP contribution in [0.5, 0.6) is 5.75 Å². The van der Waals surface area contributed by atoms with Gasteiger partial charge in [0.05, 0.1) is 10.9 Å². The number of hydrogen-bond donors (Lipinski definition) is 2. The van der Waals surface area contributed by atoms with Crippen LogP contribution in [-0.2, 0) is 10.0 Å². The number of nitrogens with one attached hydrogen (secondary N) is 2. The summed E-state index contributed by atoms with van der Waals surface area (Å²) in [5.74, 6) is 0.546. The predicted octanol–water partition coefficient (Wildman–Crippen LogP) is 4.80. The lowest BCUT2D eigenvalue weighted by molar-refractivity contribution is 0.102. The van der Waals surface area contributed by atoms with Crippen LogP contribution in [0.15, 0.2) is 48.5 Å². The molecule has 2 aromatic carbocycles. The Kier molecular flexibility index (Phi) is 6.17. The minimum absolute atomic E-state index is 0.264. The van der Waals surface area contributed by atoms with Crippen molar-refractivity contribution in [3.63, 3.8) is 0 Å². The average molecular weight is 417 g/mol. The molecular formula is C22H28N2O4S. The molecule has 1 fully saturated rings. The Morgan fingerprint density at radius 3 is 2.03 bits per heavy atom. The van der Waals surface area contributed by atoms with Gasteiger partial charge in [0.25, 0.3) is 5.91 Å². The third-order valence-corrected chi connectivity index (χ3v) is 7.04. The Balaban J connectivity index is 1.59. The minimum atomic E-state index is -3.51. The van der Waals surface area contributed by atoms with Crippen molar-refractivity contribution in [2.45, 2.75) is 57.3 Å². The van der Waals surface area contributed by atoms with E-state index in [2.05, 4.69) is 10.0 Å². The zero-order valence-corrected chi connectivity index (χ0v) is 17.9. The Morgan fingerprint density at radius 1 is 0.931 bits per heavy atom. The fourth-order valence-electron chi connectivity index (χ4n) is 3.02. The summed E-state index contributed by atoms with van der Waals surface area (Å²) in [5.41, 5.74) is 1.53. The van der Waals surface area contributed by atoms with Gasteiger partial charge in [0.2, 0.25) is 10.0 Å². The number of benzene rings is 2. The molecular weight excluding hydrogens is 388 g/mol. The maximum atomic E-state index is 12.5. The zero-order chi connectivity index (χ0) is 21.1. The van der Waals surface area contributed by atoms with E-state index in [-0.39, 0.29) is 5.91 Å². The van der Waals surface area contributed by atoms with E-state index in [1.165, 1.54) is 12.8 Å². The summed E-state index contributed by atoms with van der Waals surface area (Å²) < 4.78 is 32.0. The Hall–Kier alpha value is -2.54. The summed E-state index contributed by atoms with van der Waals surface area (Å²) in [6.07, 6.45) is 4.93. The molecule has 0 aromatic heterocycles. The molecule has 0 radical (unpaired) electrons. The summed E-state index contributed by atoms with van der Waals surface area (Å²) in [5, 5.41) is 2.84. The van der Waals surface area contributed by atoms with Crippen LogP contribution in [0.3, 0.4) is 0 Å². The molecule has 29 heavy (non-hydrogen) atoms. The Morgan fingerprint density at radius 2 is 1.48 bits per heavy atom. The first-order valence-electron chi connectivity index (χ1n) is 9.84. The van der Waals surface area contributed by atoms with Gasteiger partial charge in [-0.2, -0.15) is 0 Å². The third-order valence-electron chi connectivity index (χ3n) is 4.92. The second kappa shape index (κ2) is 8.45. The molecule has 2 aromatic rings. The van der Waals surface area contributed by atoms with Crippen molar-refractivity contribution >= 4 is 27.3 Å². The standard InChI is InChI=1S/C22H28N2O4S/c1-22(2,3)29(26,27)24-18-10-8-16(9-11-18)21(25)23-17-12-14-20(15-13-17)28-19-6-4-5-7-19/h8-15,19,24H,4-7H2,1-3H3,(H,23,25). The van der Waals surface area contributed by atoms with E-state index in [0.29, 0.717) is 23.0 Å². The average Bonchev–Trinajstić information content (AvgIpc) is 3.16. The van der Waals surface area contributed by atoms with Gasteiger partial charge in [0, 0.05) is 16.9 Å². The smallest absolute Gasteiger partial charge is 0.255 e. The summed E-state index contributed by atoms with van der Waals surface area (Å²) in [4.78, 5) is 12.5. The molecule has 0 aliphatic heterocycles. The van der Waals surface area contributed by atoms with Crippen LogP contribution in [-0.4, -0.2) is 25.2 Å². The topological polar surface area (TPSA) is 84.5 Å². The van der Waals surface area contributed by atoms with Gasteiger partial charge in [-0.05, 0) is 95.0 Å². The van der Waals surface area contributed by atoms with Crippen LogP contribution in [0.4, 0.5) is 11.4 Å². The van der Waals surface area contributed by atoms with E-state index in [1.807, 2.05) is 24.3 Å². The molecule has 0 saturated heterocycles. The summed E-state index contributed by atoms with van der Waals surface area (Å²) in [6.45, 7) is 4.88. The number of ether oxygens (including phenoxy) is 1. The van der Waals surface area contributed by atoms with Gasteiger partial charge in [-0.25, -0.2) is 8.42 Å². The van der Waals surface area contributed by atoms with E-state index in [1.54, 1.807) is 45.0 Å². The first-order chi connectivity index (χ1) is 13.6. The highest BCUT2D eigenvalue weighted by Crippen LogP contribution is 2.25. The second-order valence-corrected chi connectivity index (χ2v) is 10.7. The fourth-order valence-corrected chi connectivity index (χ4v) is 3.77. The van der Waals surface area contributed by atoms with E-state index in [9.17, 15) is 13.2 Å². The van der Waals surface area contributed by atoms with Crippen molar-refractivity contribution in [2.75, 3.05) is 10.0 Å². The molecule has 7 heteroatoms. The number of amides is 1. The number of carbonyl (C=O) groups is 1. The largest absolute Gasteiger partial charge is 0.490 e. The highest BCUT2D eigenvalue weighted by Gasteiger charge is 2.28. The van der Waals surface area contributed by atoms with Gasteiger partial charge < -0.3 is 10.1 Å². The quantitative estimate of drug-likeness (QED) is 0.708. The van der Waals surface area contributed by atoms with Crippen molar-refractivity contribution in [3.8, 4) is 5.75 Å². The Bertz CT molecular complexity index is 940. The number of anilines is 2. The minimum Gasteiger partial charge on any atom is -0.490 e. The maximum Gasteiger partial charge on any atom is 0.255 e. The molecule has 6 nitrogen and oxygen atoms in total. The second-order valence-electron chi connectivity index (χ2n) is 8.30. The van der Waals surface area contributed by atoms with Gasteiger partial charge in [-0.15, -0.1) is 0 Å². The highest BCUT2D eigenvalue weighted by molar-refractivity contribution is 7.94. The van der Waals surface area contributed by atoms with Gasteiger partial charge in [0.1, 0.15) is 5.75 Å². The van der Waals surface area contributed by atoms with Crippen molar-refractivity contribution in [2.24, 2.45) is 0 Å². The first-order valence-corrected chi connectivity index (χ1v) is 11.3. The van der Waals surface area contributed by atoms with E-state index in [0.717, 1.165) is 18.6 Å². The molecule has 0 spiro atoms. The number of sulfonamides is 1. The molecule has 1 aliphatic rings. The lowest BCUT2D eigenvalue weighted by atomic mass is 10.2. The van der Waals surface area contributed by atoms with Crippen LogP contribution < -0.4 is 14.8 Å². The van der Waals surface area contributed by atoms with Crippen LogP contribution in [0.1, 0.15) is 56.8 Å². The van der Waals surface area contributed by atoms with Crippen LogP contribution in [0.2, 0.25) is 0 Å². The van der Waals surface area contributed by atoms with Gasteiger partial charge in [0.15, 0.2) is 0 Å². The predicted molar refractivity (Wildman–Crippen MR) is 116 cm³/mol. The fraction of sp³-hybridized carbons (Fsp3) is 0.409. The number of carbonyl (C=O) groups excluding carboxylic acids is 1. The van der Waals surface area contributed by atoms with Crippen molar-refractivity contribution < 1.29 is 17.9 Å². The summed E-state index contributed by atoms with van der Waals surface area (Å²) >= 11 is 0. The molecule has 156 valence electrons. The molecule has 0 bridgehead atoms. The third kappa shape index (κ3) is 5.50. The lowest BCUT2D eigenvalue weighted by Crippen LogP contribution is -2.33.